The third-order valence-corrected chi connectivity index (χ3v) is 5.69. The number of aromatic hydroxyl groups is 1. The number of phenolic OH excluding ortho intramolecular Hbond substituents is 1. The van der Waals surface area contributed by atoms with E-state index < -0.39 is 0 Å². The number of hydrogen-bond donors (Lipinski definition) is 2. The number of thioether (sulfide) groups is 1. The summed E-state index contributed by atoms with van der Waals surface area (Å²) >= 11 is 6.50. The Hall–Kier alpha value is -3.04. The molecule has 0 atom stereocenters. The fourth-order valence-electron chi connectivity index (χ4n) is 2.85. The summed E-state index contributed by atoms with van der Waals surface area (Å²) in [5, 5.41) is 12.4. The molecule has 1 saturated heterocycles. The number of ether oxygens (including phenoxy) is 2. The first-order chi connectivity index (χ1) is 14.0. The first kappa shape index (κ1) is 19.3. The Labute approximate surface area is 176 Å². The second-order valence-corrected chi connectivity index (χ2v) is 7.94. The highest BCUT2D eigenvalue weighted by atomic mass is 32.2. The van der Waals surface area contributed by atoms with Crippen molar-refractivity contribution in [1.29, 1.82) is 0 Å². The molecule has 2 heterocycles. The molecular formula is C20H16N2O5S2. The lowest BCUT2D eigenvalue weighted by atomic mass is 10.2. The lowest BCUT2D eigenvalue weighted by molar-refractivity contribution is -0.122. The highest BCUT2D eigenvalue weighted by Gasteiger charge is 2.32. The summed E-state index contributed by atoms with van der Waals surface area (Å²) in [6.07, 6.45) is 1.79. The zero-order valence-electron chi connectivity index (χ0n) is 15.1. The van der Waals surface area contributed by atoms with E-state index in [4.69, 9.17) is 21.7 Å². The highest BCUT2D eigenvalue weighted by Crippen LogP contribution is 2.36. The summed E-state index contributed by atoms with van der Waals surface area (Å²) in [7, 11) is 0. The van der Waals surface area contributed by atoms with Gasteiger partial charge in [-0.1, -0.05) is 42.2 Å². The molecule has 7 nitrogen and oxygen atoms in total. The summed E-state index contributed by atoms with van der Waals surface area (Å²) in [5.74, 6) is 0.728. The molecule has 2 aromatic carbocycles. The molecule has 2 aromatic rings. The molecule has 0 unspecified atom stereocenters. The van der Waals surface area contributed by atoms with Crippen molar-refractivity contribution in [3.8, 4) is 17.2 Å². The van der Waals surface area contributed by atoms with E-state index in [2.05, 4.69) is 5.32 Å². The minimum absolute atomic E-state index is 0.0156. The molecule has 2 aliphatic rings. The molecule has 0 spiro atoms. The van der Waals surface area contributed by atoms with Crippen molar-refractivity contribution in [2.45, 2.75) is 6.42 Å². The summed E-state index contributed by atoms with van der Waals surface area (Å²) in [5.41, 5.74) is 1.12. The molecule has 0 aromatic heterocycles. The molecule has 0 saturated carbocycles. The standard InChI is InChI=1S/C20H16N2O5S2/c23-14-4-2-1-3-13(14)21-18(24)7-8-22-19(25)17(29-20(22)28)10-12-5-6-15-16(9-12)27-11-26-15/h1-6,9-10,23H,7-8,11H2,(H,21,24)/b17-10+. The molecule has 2 N–H and O–H groups in total. The van der Waals surface area contributed by atoms with Crippen molar-refractivity contribution < 1.29 is 24.2 Å². The number of benzene rings is 2. The Balaban J connectivity index is 1.39. The van der Waals surface area contributed by atoms with Crippen LogP contribution >= 0.6 is 24.0 Å². The summed E-state index contributed by atoms with van der Waals surface area (Å²) < 4.78 is 11.0. The Morgan fingerprint density at radius 2 is 2.03 bits per heavy atom. The van der Waals surface area contributed by atoms with E-state index in [9.17, 15) is 14.7 Å². The van der Waals surface area contributed by atoms with Crippen LogP contribution in [0.15, 0.2) is 47.4 Å². The van der Waals surface area contributed by atoms with Crippen molar-refractivity contribution in [2.24, 2.45) is 0 Å². The fourth-order valence-corrected chi connectivity index (χ4v) is 4.16. The smallest absolute Gasteiger partial charge is 0.266 e. The van der Waals surface area contributed by atoms with E-state index in [1.54, 1.807) is 36.4 Å². The van der Waals surface area contributed by atoms with Gasteiger partial charge < -0.3 is 19.9 Å². The number of hydrogen-bond acceptors (Lipinski definition) is 7. The van der Waals surface area contributed by atoms with Gasteiger partial charge in [-0.05, 0) is 35.9 Å². The van der Waals surface area contributed by atoms with Crippen LogP contribution in [0.3, 0.4) is 0 Å². The second-order valence-electron chi connectivity index (χ2n) is 6.26. The van der Waals surface area contributed by atoms with Gasteiger partial charge in [-0.2, -0.15) is 0 Å². The molecule has 9 heteroatoms. The van der Waals surface area contributed by atoms with Gasteiger partial charge in [-0.25, -0.2) is 0 Å². The number of nitrogens with one attached hydrogen (secondary N) is 1. The molecule has 0 bridgehead atoms. The zero-order valence-corrected chi connectivity index (χ0v) is 16.7. The quantitative estimate of drug-likeness (QED) is 0.429. The molecule has 4 rings (SSSR count). The highest BCUT2D eigenvalue weighted by molar-refractivity contribution is 8.26. The number of thiocarbonyl (C=S) groups is 1. The molecule has 1 fully saturated rings. The molecule has 2 amide bonds. The van der Waals surface area contributed by atoms with E-state index in [1.807, 2.05) is 6.07 Å². The largest absolute Gasteiger partial charge is 0.506 e. The fraction of sp³-hybridized carbons (Fsp3) is 0.150. The van der Waals surface area contributed by atoms with Gasteiger partial charge in [0, 0.05) is 13.0 Å². The minimum atomic E-state index is -0.319. The molecular weight excluding hydrogens is 412 g/mol. The number of carbonyl (C=O) groups excluding carboxylic acids is 2. The van der Waals surface area contributed by atoms with Crippen LogP contribution < -0.4 is 14.8 Å². The van der Waals surface area contributed by atoms with Gasteiger partial charge in [0.25, 0.3) is 5.91 Å². The van der Waals surface area contributed by atoms with Crippen molar-refractivity contribution >= 4 is 51.9 Å². The van der Waals surface area contributed by atoms with Crippen molar-refractivity contribution in [2.75, 3.05) is 18.7 Å². The molecule has 29 heavy (non-hydrogen) atoms. The van der Waals surface area contributed by atoms with Crippen LogP contribution in [0, 0.1) is 0 Å². The number of para-hydroxylation sites is 2. The minimum Gasteiger partial charge on any atom is -0.506 e. The van der Waals surface area contributed by atoms with E-state index in [0.717, 1.165) is 5.56 Å². The molecule has 2 aliphatic heterocycles. The van der Waals surface area contributed by atoms with E-state index in [-0.39, 0.29) is 37.3 Å². The van der Waals surface area contributed by atoms with Crippen molar-refractivity contribution in [3.63, 3.8) is 0 Å². The molecule has 148 valence electrons. The van der Waals surface area contributed by atoms with Gasteiger partial charge in [0.2, 0.25) is 12.7 Å². The van der Waals surface area contributed by atoms with Crippen LogP contribution in [0.2, 0.25) is 0 Å². The number of anilines is 1. The van der Waals surface area contributed by atoms with Gasteiger partial charge in [0.15, 0.2) is 11.5 Å². The lowest BCUT2D eigenvalue weighted by Crippen LogP contribution is -2.31. The second kappa shape index (κ2) is 8.14. The average molecular weight is 428 g/mol. The number of rotatable bonds is 5. The first-order valence-electron chi connectivity index (χ1n) is 8.74. The van der Waals surface area contributed by atoms with Crippen molar-refractivity contribution in [3.05, 3.63) is 52.9 Å². The molecule has 0 radical (unpaired) electrons. The predicted octanol–water partition coefficient (Wildman–Crippen LogP) is 3.35. The average Bonchev–Trinajstić information content (AvgIpc) is 3.26. The van der Waals surface area contributed by atoms with Gasteiger partial charge in [0.1, 0.15) is 10.1 Å². The third kappa shape index (κ3) is 4.20. The first-order valence-corrected chi connectivity index (χ1v) is 9.96. The Kier molecular flexibility index (Phi) is 5.41. The number of phenols is 1. The van der Waals surface area contributed by atoms with Crippen LogP contribution in [0.5, 0.6) is 17.2 Å². The summed E-state index contributed by atoms with van der Waals surface area (Å²) in [4.78, 5) is 26.8. The normalized spacial score (nSPS) is 16.6. The SMILES string of the molecule is O=C(CCN1C(=O)/C(=C\c2ccc3c(c2)OCO3)SC1=S)Nc1ccccc1O. The maximum absolute atomic E-state index is 12.7. The summed E-state index contributed by atoms with van der Waals surface area (Å²) in [6, 6.07) is 11.9. The summed E-state index contributed by atoms with van der Waals surface area (Å²) in [6.45, 7) is 0.340. The lowest BCUT2D eigenvalue weighted by Gasteiger charge is -2.14. The number of amides is 2. The van der Waals surface area contributed by atoms with Crippen LogP contribution in [0.1, 0.15) is 12.0 Å². The predicted molar refractivity (Wildman–Crippen MR) is 114 cm³/mol. The van der Waals surface area contributed by atoms with Gasteiger partial charge in [-0.15, -0.1) is 0 Å². The maximum Gasteiger partial charge on any atom is 0.266 e. The Morgan fingerprint density at radius 1 is 1.24 bits per heavy atom. The van der Waals surface area contributed by atoms with Crippen LogP contribution in [-0.2, 0) is 9.59 Å². The monoisotopic (exact) mass is 428 g/mol. The van der Waals surface area contributed by atoms with E-state index in [1.165, 1.54) is 22.7 Å². The van der Waals surface area contributed by atoms with Gasteiger partial charge in [0.05, 0.1) is 10.6 Å². The molecule has 0 aliphatic carbocycles. The number of nitrogens with zero attached hydrogens (tertiary/aromatic N) is 1. The van der Waals surface area contributed by atoms with E-state index >= 15 is 0 Å². The Morgan fingerprint density at radius 3 is 2.86 bits per heavy atom. The van der Waals surface area contributed by atoms with Crippen LogP contribution in [-0.4, -0.2) is 39.5 Å². The van der Waals surface area contributed by atoms with Gasteiger partial charge >= 0.3 is 0 Å². The number of fused-ring (bicyclic) bond motifs is 1. The Bertz CT molecular complexity index is 1040. The number of carbonyl (C=O) groups is 2. The third-order valence-electron chi connectivity index (χ3n) is 4.31. The maximum atomic E-state index is 12.7. The van der Waals surface area contributed by atoms with Crippen LogP contribution in [0.25, 0.3) is 6.08 Å². The van der Waals surface area contributed by atoms with Gasteiger partial charge in [-0.3, -0.25) is 14.5 Å². The van der Waals surface area contributed by atoms with Crippen LogP contribution in [0.4, 0.5) is 5.69 Å². The van der Waals surface area contributed by atoms with E-state index in [0.29, 0.717) is 26.4 Å². The topological polar surface area (TPSA) is 88.1 Å². The zero-order chi connectivity index (χ0) is 20.4. The van der Waals surface area contributed by atoms with Crippen molar-refractivity contribution in [1.82, 2.24) is 4.90 Å².